The summed E-state index contributed by atoms with van der Waals surface area (Å²) in [4.78, 5) is 0. The van der Waals surface area contributed by atoms with Gasteiger partial charge in [-0.05, 0) is 45.9 Å². The third-order valence-electron chi connectivity index (χ3n) is 4.25. The van der Waals surface area contributed by atoms with Crippen LogP contribution in [0.2, 0.25) is 0 Å². The van der Waals surface area contributed by atoms with Crippen LogP contribution in [0.25, 0.3) is 10.8 Å². The van der Waals surface area contributed by atoms with Crippen LogP contribution in [-0.4, -0.2) is 0 Å². The highest BCUT2D eigenvalue weighted by Gasteiger charge is 2.22. The molecule has 0 saturated carbocycles. The maximum atomic E-state index is 6.40. The van der Waals surface area contributed by atoms with Gasteiger partial charge in [0.05, 0.1) is 0 Å². The van der Waals surface area contributed by atoms with E-state index < -0.39 is 0 Å². The van der Waals surface area contributed by atoms with Crippen molar-refractivity contribution in [2.75, 3.05) is 11.5 Å². The van der Waals surface area contributed by atoms with Crippen LogP contribution in [0.3, 0.4) is 0 Å². The molecule has 0 spiro atoms. The number of hydrogen-bond acceptors (Lipinski definition) is 2. The van der Waals surface area contributed by atoms with Crippen molar-refractivity contribution < 1.29 is 0 Å². The minimum absolute atomic E-state index is 0.0683. The van der Waals surface area contributed by atoms with E-state index in [1.807, 2.05) is 0 Å². The van der Waals surface area contributed by atoms with Gasteiger partial charge in [-0.15, -0.1) is 0 Å². The van der Waals surface area contributed by atoms with Gasteiger partial charge in [-0.2, -0.15) is 0 Å². The zero-order valence-electron chi connectivity index (χ0n) is 14.4. The highest BCUT2D eigenvalue weighted by atomic mass is 14.6. The van der Waals surface area contributed by atoms with E-state index in [0.29, 0.717) is 0 Å². The Morgan fingerprint density at radius 3 is 1.86 bits per heavy atom. The molecule has 0 radical (unpaired) electrons. The van der Waals surface area contributed by atoms with Crippen molar-refractivity contribution >= 4 is 22.1 Å². The molecule has 0 fully saturated rings. The number of fused-ring (bicyclic) bond motifs is 1. The van der Waals surface area contributed by atoms with E-state index >= 15 is 0 Å². The average Bonchev–Trinajstić information content (AvgIpc) is 2.30. The second-order valence-electron chi connectivity index (χ2n) is 8.13. The van der Waals surface area contributed by atoms with Gasteiger partial charge in [0.2, 0.25) is 0 Å². The lowest BCUT2D eigenvalue weighted by atomic mass is 9.80. The first kappa shape index (κ1) is 15.7. The van der Waals surface area contributed by atoms with Crippen molar-refractivity contribution in [2.24, 2.45) is 0 Å². The number of hydrogen-bond donors (Lipinski definition) is 2. The minimum atomic E-state index is 0.0683. The van der Waals surface area contributed by atoms with Crippen LogP contribution >= 0.6 is 0 Å². The number of nitrogen functional groups attached to an aromatic ring is 2. The molecule has 2 aromatic carbocycles. The van der Waals surface area contributed by atoms with Crippen LogP contribution in [0.5, 0.6) is 0 Å². The zero-order valence-corrected chi connectivity index (χ0v) is 14.4. The Hall–Kier alpha value is -1.70. The second kappa shape index (κ2) is 4.66. The first-order valence-corrected chi connectivity index (χ1v) is 7.56. The first-order valence-electron chi connectivity index (χ1n) is 7.56. The average molecular weight is 284 g/mol. The summed E-state index contributed by atoms with van der Waals surface area (Å²) in [7, 11) is 0. The number of nitrogens with two attached hydrogens (primary N) is 2. The van der Waals surface area contributed by atoms with Gasteiger partial charge < -0.3 is 11.5 Å². The van der Waals surface area contributed by atoms with Gasteiger partial charge in [-0.25, -0.2) is 0 Å². The van der Waals surface area contributed by atoms with Crippen LogP contribution in [0.15, 0.2) is 18.2 Å². The molecule has 0 saturated heterocycles. The molecule has 21 heavy (non-hydrogen) atoms. The van der Waals surface area contributed by atoms with Gasteiger partial charge in [-0.1, -0.05) is 53.7 Å². The first-order chi connectivity index (χ1) is 9.43. The Balaban J connectivity index is 2.89. The second-order valence-corrected chi connectivity index (χ2v) is 8.13. The Labute approximate surface area is 128 Å². The summed E-state index contributed by atoms with van der Waals surface area (Å²) in [5.74, 6) is 0. The van der Waals surface area contributed by atoms with Gasteiger partial charge >= 0.3 is 0 Å². The topological polar surface area (TPSA) is 52.0 Å². The molecular weight excluding hydrogens is 256 g/mol. The third kappa shape index (κ3) is 2.72. The van der Waals surface area contributed by atoms with Gasteiger partial charge in [0.1, 0.15) is 0 Å². The number of benzene rings is 2. The summed E-state index contributed by atoms with van der Waals surface area (Å²) >= 11 is 0. The molecule has 0 aliphatic carbocycles. The lowest BCUT2D eigenvalue weighted by Crippen LogP contribution is -2.15. The Morgan fingerprint density at radius 1 is 0.810 bits per heavy atom. The molecule has 2 aromatic rings. The molecule has 2 rings (SSSR count). The predicted molar refractivity (Wildman–Crippen MR) is 94.9 cm³/mol. The van der Waals surface area contributed by atoms with Crippen molar-refractivity contribution in [2.45, 2.75) is 59.3 Å². The van der Waals surface area contributed by atoms with Gasteiger partial charge in [-0.3, -0.25) is 0 Å². The molecule has 0 bridgehead atoms. The summed E-state index contributed by atoms with van der Waals surface area (Å²) < 4.78 is 0. The summed E-state index contributed by atoms with van der Waals surface area (Å²) in [6.07, 6.45) is 0. The van der Waals surface area contributed by atoms with Crippen LogP contribution in [0.1, 0.15) is 58.2 Å². The van der Waals surface area contributed by atoms with Gasteiger partial charge in [0.25, 0.3) is 0 Å². The fourth-order valence-corrected chi connectivity index (χ4v) is 2.92. The highest BCUT2D eigenvalue weighted by Crippen LogP contribution is 2.39. The van der Waals surface area contributed by atoms with Crippen molar-refractivity contribution in [1.82, 2.24) is 0 Å². The van der Waals surface area contributed by atoms with Crippen molar-refractivity contribution in [3.8, 4) is 0 Å². The Morgan fingerprint density at radius 2 is 1.38 bits per heavy atom. The summed E-state index contributed by atoms with van der Waals surface area (Å²) in [5.41, 5.74) is 18.1. The molecule has 0 aliphatic heterocycles. The van der Waals surface area contributed by atoms with E-state index in [0.717, 1.165) is 27.7 Å². The van der Waals surface area contributed by atoms with E-state index in [1.165, 1.54) is 11.1 Å². The maximum absolute atomic E-state index is 6.40. The van der Waals surface area contributed by atoms with Gasteiger partial charge in [0, 0.05) is 16.8 Å². The fourth-order valence-electron chi connectivity index (χ4n) is 2.92. The van der Waals surface area contributed by atoms with Crippen molar-refractivity contribution in [1.29, 1.82) is 0 Å². The van der Waals surface area contributed by atoms with Crippen LogP contribution in [0.4, 0.5) is 11.4 Å². The quantitative estimate of drug-likeness (QED) is 0.675. The lowest BCUT2D eigenvalue weighted by Gasteiger charge is -2.26. The van der Waals surface area contributed by atoms with Crippen LogP contribution < -0.4 is 11.5 Å². The standard InChI is InChI=1S/C19H28N2/c1-11-14(19(5,6)7)9-12-8-13(18(2,3)4)10-15(20)16(12)17(11)21/h8-10H,20-21H2,1-7H3. The Kier molecular flexibility index (Phi) is 3.48. The molecule has 0 atom stereocenters. The smallest absolute Gasteiger partial charge is 0.0447 e. The van der Waals surface area contributed by atoms with Crippen LogP contribution in [0, 0.1) is 6.92 Å². The van der Waals surface area contributed by atoms with E-state index in [-0.39, 0.29) is 10.8 Å². The minimum Gasteiger partial charge on any atom is -0.398 e. The summed E-state index contributed by atoms with van der Waals surface area (Å²) in [6, 6.07) is 6.55. The van der Waals surface area contributed by atoms with Crippen molar-refractivity contribution in [3.63, 3.8) is 0 Å². The van der Waals surface area contributed by atoms with E-state index in [9.17, 15) is 0 Å². The van der Waals surface area contributed by atoms with Crippen LogP contribution in [-0.2, 0) is 10.8 Å². The molecule has 0 aliphatic rings. The zero-order chi connectivity index (χ0) is 16.2. The molecular formula is C19H28N2. The van der Waals surface area contributed by atoms with Gasteiger partial charge in [0.15, 0.2) is 0 Å². The number of rotatable bonds is 0. The molecule has 0 heterocycles. The molecule has 114 valence electrons. The molecule has 0 aromatic heterocycles. The maximum Gasteiger partial charge on any atom is 0.0447 e. The summed E-state index contributed by atoms with van der Waals surface area (Å²) in [6.45, 7) is 15.4. The predicted octanol–water partition coefficient (Wildman–Crippen LogP) is 4.91. The number of anilines is 2. The highest BCUT2D eigenvalue weighted by molar-refractivity contribution is 6.04. The molecule has 0 amide bonds. The molecule has 2 nitrogen and oxygen atoms in total. The fraction of sp³-hybridized carbons (Fsp3) is 0.474. The third-order valence-corrected chi connectivity index (χ3v) is 4.25. The molecule has 0 unspecified atom stereocenters. The Bertz CT molecular complexity index is 698. The monoisotopic (exact) mass is 284 g/mol. The lowest BCUT2D eigenvalue weighted by molar-refractivity contribution is 0.587. The summed E-state index contributed by atoms with van der Waals surface area (Å²) in [5, 5.41) is 2.14. The largest absolute Gasteiger partial charge is 0.398 e. The van der Waals surface area contributed by atoms with E-state index in [2.05, 4.69) is 66.7 Å². The SMILES string of the molecule is Cc1c(C(C)(C)C)cc2cc(C(C)(C)C)cc(N)c2c1N. The normalized spacial score (nSPS) is 12.9. The van der Waals surface area contributed by atoms with E-state index in [4.69, 9.17) is 11.5 Å². The van der Waals surface area contributed by atoms with E-state index in [1.54, 1.807) is 0 Å². The van der Waals surface area contributed by atoms with Crippen molar-refractivity contribution in [3.05, 3.63) is 34.9 Å². The molecule has 4 N–H and O–H groups in total. The molecule has 2 heteroatoms.